The highest BCUT2D eigenvalue weighted by atomic mass is 16.4. The predicted molar refractivity (Wildman–Crippen MR) is 68.9 cm³/mol. The number of carboxylic acids is 1. The van der Waals surface area contributed by atoms with E-state index in [1.807, 2.05) is 13.8 Å². The molecule has 2 heterocycles. The zero-order valence-electron chi connectivity index (χ0n) is 12.0. The van der Waals surface area contributed by atoms with Crippen LogP contribution in [0.4, 0.5) is 5.82 Å². The van der Waals surface area contributed by atoms with Crippen molar-refractivity contribution in [2.24, 2.45) is 5.92 Å². The second-order valence-corrected chi connectivity index (χ2v) is 5.26. The van der Waals surface area contributed by atoms with Crippen molar-refractivity contribution >= 4 is 23.0 Å². The molecule has 108 valence electrons. The third kappa shape index (κ3) is 3.11. The van der Waals surface area contributed by atoms with Crippen LogP contribution in [0.2, 0.25) is 0 Å². The smallest absolute Gasteiger partial charge is 0.258 e. The summed E-state index contributed by atoms with van der Waals surface area (Å²) in [5.74, 6) is 0.610. The van der Waals surface area contributed by atoms with Crippen LogP contribution in [-0.2, 0) is 4.79 Å². The number of carbonyl (C=O) groups excluding carboxylic acids is 1. The van der Waals surface area contributed by atoms with Gasteiger partial charge >= 0.3 is 0 Å². The maximum absolute atomic E-state index is 11.2. The maximum Gasteiger partial charge on any atom is 0.258 e. The Kier molecular flexibility index (Phi) is 3.99. The third-order valence-corrected chi connectivity index (χ3v) is 2.89. The van der Waals surface area contributed by atoms with E-state index >= 15 is 0 Å². The minimum absolute atomic E-state index is 0.242. The Balaban J connectivity index is 2.38. The van der Waals surface area contributed by atoms with Crippen molar-refractivity contribution in [3.63, 3.8) is 0 Å². The third-order valence-electron chi connectivity index (χ3n) is 2.89. The zero-order chi connectivity index (χ0) is 14.9. The van der Waals surface area contributed by atoms with Crippen LogP contribution in [0.3, 0.4) is 0 Å². The summed E-state index contributed by atoms with van der Waals surface area (Å²) in [6.45, 7) is 7.37. The van der Waals surface area contributed by atoms with Gasteiger partial charge in [-0.15, -0.1) is 0 Å². The van der Waals surface area contributed by atoms with E-state index in [4.69, 9.17) is 4.42 Å². The van der Waals surface area contributed by atoms with Crippen LogP contribution in [0.1, 0.15) is 32.0 Å². The number of rotatable bonds is 5. The van der Waals surface area contributed by atoms with E-state index in [2.05, 4.69) is 15.0 Å². The van der Waals surface area contributed by atoms with Crippen LogP contribution < -0.4 is 10.4 Å². The lowest BCUT2D eigenvalue weighted by Gasteiger charge is -2.17. The van der Waals surface area contributed by atoms with Crippen LogP contribution in [-0.4, -0.2) is 27.0 Å². The molecule has 20 heavy (non-hydrogen) atoms. The van der Waals surface area contributed by atoms with E-state index in [1.54, 1.807) is 19.2 Å². The Bertz CT molecular complexity index is 636. The average molecular weight is 278 g/mol. The first-order valence-electron chi connectivity index (χ1n) is 6.54. The van der Waals surface area contributed by atoms with Gasteiger partial charge in [0.05, 0.1) is 5.97 Å². The summed E-state index contributed by atoms with van der Waals surface area (Å²) in [5.41, 5.74) is 0.867. The van der Waals surface area contributed by atoms with Gasteiger partial charge in [0.15, 0.2) is 5.89 Å². The molecule has 0 saturated carbocycles. The molecule has 0 aliphatic heterocycles. The number of aryl methyl sites for hydroxylation is 2. The van der Waals surface area contributed by atoms with Gasteiger partial charge in [-0.05, 0) is 12.8 Å². The lowest BCUT2D eigenvalue weighted by Crippen LogP contribution is -2.88. The minimum Gasteiger partial charge on any atom is -0.544 e. The van der Waals surface area contributed by atoms with Crippen LogP contribution >= 0.6 is 0 Å². The summed E-state index contributed by atoms with van der Waals surface area (Å²) >= 11 is 0. The fourth-order valence-electron chi connectivity index (χ4n) is 2.11. The van der Waals surface area contributed by atoms with Gasteiger partial charge in [0.2, 0.25) is 5.52 Å². The predicted octanol–water partition coefficient (Wildman–Crippen LogP) is -0.406. The number of nitrogens with zero attached hydrogens (tertiary/aromatic N) is 3. The molecule has 2 aromatic rings. The number of aromatic nitrogens is 3. The van der Waals surface area contributed by atoms with Gasteiger partial charge in [0.25, 0.3) is 11.5 Å². The normalized spacial score (nSPS) is 13.1. The first-order chi connectivity index (χ1) is 9.36. The van der Waals surface area contributed by atoms with E-state index in [9.17, 15) is 9.90 Å². The van der Waals surface area contributed by atoms with E-state index in [1.165, 1.54) is 0 Å². The molecule has 0 aliphatic rings. The largest absolute Gasteiger partial charge is 0.544 e. The summed E-state index contributed by atoms with van der Waals surface area (Å²) in [5, 5.41) is 12.8. The van der Waals surface area contributed by atoms with Crippen molar-refractivity contribution in [1.82, 2.24) is 15.0 Å². The Morgan fingerprint density at radius 2 is 2.00 bits per heavy atom. The number of quaternary nitrogens is 1. The fraction of sp³-hybridized carbons (Fsp3) is 0.538. The highest BCUT2D eigenvalue weighted by Gasteiger charge is 2.22. The molecular weight excluding hydrogens is 260 g/mol. The molecule has 0 fully saturated rings. The molecule has 0 spiro atoms. The number of nitrogens with two attached hydrogens (primary N) is 1. The molecular formula is C13H18N4O3. The number of hydrogen-bond acceptors (Lipinski definition) is 6. The molecule has 0 saturated heterocycles. The van der Waals surface area contributed by atoms with E-state index in [0.29, 0.717) is 35.2 Å². The zero-order valence-corrected chi connectivity index (χ0v) is 12.0. The van der Waals surface area contributed by atoms with E-state index in [-0.39, 0.29) is 5.92 Å². The first-order valence-corrected chi connectivity index (χ1v) is 6.54. The molecule has 0 bridgehead atoms. The monoisotopic (exact) mass is 278 g/mol. The Morgan fingerprint density at radius 3 is 2.60 bits per heavy atom. The van der Waals surface area contributed by atoms with Crippen LogP contribution in [0.15, 0.2) is 4.42 Å². The fourth-order valence-corrected chi connectivity index (χ4v) is 2.11. The second kappa shape index (κ2) is 5.54. The quantitative estimate of drug-likeness (QED) is 0.796. The summed E-state index contributed by atoms with van der Waals surface area (Å²) < 4.78 is 5.37. The van der Waals surface area contributed by atoms with Gasteiger partial charge in [-0.1, -0.05) is 13.8 Å². The molecule has 1 atom stereocenters. The molecule has 7 nitrogen and oxygen atoms in total. The number of aliphatic carboxylic acids is 1. The van der Waals surface area contributed by atoms with Crippen molar-refractivity contribution < 1.29 is 19.6 Å². The minimum atomic E-state index is -1.11. The van der Waals surface area contributed by atoms with Crippen LogP contribution in [0.5, 0.6) is 0 Å². The standard InChI is InChI=1S/C13H18N4O3/c1-6(2)5-9(13(18)19)17-11-10-12(15-7(3)14-11)20-8(4)16-10/h6,9H,5H2,1-4H3,(H,18,19)(H,14,15,17)/t9-/m0/s1. The average Bonchev–Trinajstić information content (AvgIpc) is 2.67. The Hall–Kier alpha value is -2.02. The summed E-state index contributed by atoms with van der Waals surface area (Å²) in [6, 6.07) is -0.704. The SMILES string of the molecule is Cc1nc([NH2+][C@@H](CC(C)C)C(=O)[O-])c2nc(C)oc2n1. The summed E-state index contributed by atoms with van der Waals surface area (Å²) in [6.07, 6.45) is 0.490. The van der Waals surface area contributed by atoms with Gasteiger partial charge in [0.1, 0.15) is 11.9 Å². The van der Waals surface area contributed by atoms with Gasteiger partial charge in [-0.3, -0.25) is 5.32 Å². The maximum atomic E-state index is 11.2. The van der Waals surface area contributed by atoms with Crippen LogP contribution in [0, 0.1) is 19.8 Å². The first kappa shape index (κ1) is 14.4. The molecule has 0 aromatic carbocycles. The molecule has 2 aromatic heterocycles. The lowest BCUT2D eigenvalue weighted by molar-refractivity contribution is -0.610. The van der Waals surface area contributed by atoms with Crippen molar-refractivity contribution in [3.05, 3.63) is 11.7 Å². The molecule has 0 amide bonds. The van der Waals surface area contributed by atoms with E-state index in [0.717, 1.165) is 0 Å². The number of hydrogen-bond donors (Lipinski definition) is 1. The molecule has 0 aliphatic carbocycles. The number of fused-ring (bicyclic) bond motifs is 1. The van der Waals surface area contributed by atoms with E-state index < -0.39 is 12.0 Å². The molecule has 2 N–H and O–H groups in total. The molecule has 2 rings (SSSR count). The summed E-state index contributed by atoms with van der Waals surface area (Å²) in [7, 11) is 0. The van der Waals surface area contributed by atoms with Crippen molar-refractivity contribution in [2.45, 2.75) is 40.2 Å². The lowest BCUT2D eigenvalue weighted by atomic mass is 10.0. The van der Waals surface area contributed by atoms with Gasteiger partial charge in [0, 0.05) is 13.3 Å². The highest BCUT2D eigenvalue weighted by Crippen LogP contribution is 2.17. The number of carbonyl (C=O) groups is 1. The van der Waals surface area contributed by atoms with Gasteiger partial charge < -0.3 is 14.3 Å². The highest BCUT2D eigenvalue weighted by molar-refractivity contribution is 5.77. The number of carboxylic acid groups (broad SMARTS) is 1. The van der Waals surface area contributed by atoms with Crippen molar-refractivity contribution in [2.75, 3.05) is 0 Å². The Morgan fingerprint density at radius 1 is 1.30 bits per heavy atom. The second-order valence-electron chi connectivity index (χ2n) is 5.26. The molecule has 7 heteroatoms. The molecule has 0 radical (unpaired) electrons. The van der Waals surface area contributed by atoms with Gasteiger partial charge in [-0.25, -0.2) is 4.98 Å². The summed E-state index contributed by atoms with van der Waals surface area (Å²) in [4.78, 5) is 23.9. The topological polar surface area (TPSA) is 109 Å². The van der Waals surface area contributed by atoms with Gasteiger partial charge in [-0.2, -0.15) is 9.97 Å². The van der Waals surface area contributed by atoms with Crippen LogP contribution in [0.25, 0.3) is 11.2 Å². The Labute approximate surface area is 116 Å². The van der Waals surface area contributed by atoms with Crippen molar-refractivity contribution in [1.29, 1.82) is 0 Å². The number of oxazole rings is 1. The molecule has 0 unspecified atom stereocenters. The van der Waals surface area contributed by atoms with Crippen molar-refractivity contribution in [3.8, 4) is 0 Å².